The highest BCUT2D eigenvalue weighted by Crippen LogP contribution is 2.17. The van der Waals surface area contributed by atoms with Gasteiger partial charge in [-0.2, -0.15) is 0 Å². The average molecular weight is 198 g/mol. The number of hydrogen-bond acceptors (Lipinski definition) is 5. The smallest absolute Gasteiger partial charge is 0.205 e. The number of aromatic nitrogens is 2. The molecule has 0 radical (unpaired) electrons. The summed E-state index contributed by atoms with van der Waals surface area (Å²) in [5.74, 6) is 0. The van der Waals surface area contributed by atoms with Gasteiger partial charge in [-0.1, -0.05) is 11.3 Å². The Morgan fingerprint density at radius 2 is 2.38 bits per heavy atom. The summed E-state index contributed by atoms with van der Waals surface area (Å²) in [7, 11) is 0. The van der Waals surface area contributed by atoms with E-state index in [1.807, 2.05) is 0 Å². The van der Waals surface area contributed by atoms with Gasteiger partial charge in [-0.25, -0.2) is 0 Å². The SMILES string of the molecule is CC(C)N1CC(Nc2nncs2)C1. The van der Waals surface area contributed by atoms with Crippen LogP contribution in [0.3, 0.4) is 0 Å². The molecule has 0 saturated carbocycles. The van der Waals surface area contributed by atoms with Gasteiger partial charge >= 0.3 is 0 Å². The zero-order valence-electron chi connectivity index (χ0n) is 7.90. The van der Waals surface area contributed by atoms with E-state index in [1.54, 1.807) is 16.8 Å². The molecule has 0 aliphatic carbocycles. The summed E-state index contributed by atoms with van der Waals surface area (Å²) in [4.78, 5) is 2.43. The van der Waals surface area contributed by atoms with Gasteiger partial charge in [-0.15, -0.1) is 10.2 Å². The lowest BCUT2D eigenvalue weighted by Crippen LogP contribution is -2.57. The van der Waals surface area contributed by atoms with E-state index in [1.165, 1.54) is 0 Å². The second-order valence-corrected chi connectivity index (χ2v) is 4.47. The Labute approximate surface area is 82.0 Å². The first-order valence-electron chi connectivity index (χ1n) is 4.52. The van der Waals surface area contributed by atoms with Gasteiger partial charge in [0, 0.05) is 19.1 Å². The van der Waals surface area contributed by atoms with Gasteiger partial charge in [0.25, 0.3) is 0 Å². The van der Waals surface area contributed by atoms with Crippen molar-refractivity contribution in [3.05, 3.63) is 5.51 Å². The third kappa shape index (κ3) is 1.97. The molecule has 0 atom stereocenters. The Morgan fingerprint density at radius 1 is 1.62 bits per heavy atom. The molecule has 5 heteroatoms. The molecule has 2 rings (SSSR count). The maximum atomic E-state index is 3.95. The van der Waals surface area contributed by atoms with Gasteiger partial charge in [-0.05, 0) is 13.8 Å². The molecule has 0 unspecified atom stereocenters. The molecule has 2 heterocycles. The van der Waals surface area contributed by atoms with Crippen molar-refractivity contribution in [1.29, 1.82) is 0 Å². The lowest BCUT2D eigenvalue weighted by molar-refractivity contribution is 0.122. The van der Waals surface area contributed by atoms with Crippen molar-refractivity contribution in [1.82, 2.24) is 15.1 Å². The number of rotatable bonds is 3. The lowest BCUT2D eigenvalue weighted by Gasteiger charge is -2.42. The minimum atomic E-state index is 0.565. The highest BCUT2D eigenvalue weighted by Gasteiger charge is 2.28. The van der Waals surface area contributed by atoms with E-state index in [0.29, 0.717) is 12.1 Å². The predicted molar refractivity (Wildman–Crippen MR) is 54.0 cm³/mol. The Kier molecular flexibility index (Phi) is 2.46. The molecular weight excluding hydrogens is 184 g/mol. The summed E-state index contributed by atoms with van der Waals surface area (Å²) < 4.78 is 0. The van der Waals surface area contributed by atoms with Crippen LogP contribution in [-0.2, 0) is 0 Å². The highest BCUT2D eigenvalue weighted by molar-refractivity contribution is 7.13. The topological polar surface area (TPSA) is 41.0 Å². The fourth-order valence-electron chi connectivity index (χ4n) is 1.44. The summed E-state index contributed by atoms with van der Waals surface area (Å²) in [6.07, 6.45) is 0. The van der Waals surface area contributed by atoms with Crippen LogP contribution < -0.4 is 5.32 Å². The van der Waals surface area contributed by atoms with E-state index in [2.05, 4.69) is 34.3 Å². The largest absolute Gasteiger partial charge is 0.355 e. The molecule has 1 N–H and O–H groups in total. The van der Waals surface area contributed by atoms with E-state index in [-0.39, 0.29) is 0 Å². The van der Waals surface area contributed by atoms with Crippen molar-refractivity contribution < 1.29 is 0 Å². The van der Waals surface area contributed by atoms with Gasteiger partial charge in [0.15, 0.2) is 0 Å². The van der Waals surface area contributed by atoms with Crippen LogP contribution in [0.2, 0.25) is 0 Å². The quantitative estimate of drug-likeness (QED) is 0.788. The lowest BCUT2D eigenvalue weighted by atomic mass is 10.1. The van der Waals surface area contributed by atoms with Crippen molar-refractivity contribution in [2.75, 3.05) is 18.4 Å². The standard InChI is InChI=1S/C8H14N4S/c1-6(2)12-3-7(4-12)10-8-11-9-5-13-8/h5-7H,3-4H2,1-2H3,(H,10,11). The maximum Gasteiger partial charge on any atom is 0.205 e. The number of anilines is 1. The molecule has 1 aliphatic heterocycles. The molecule has 1 fully saturated rings. The number of nitrogens with one attached hydrogen (secondary N) is 1. The Morgan fingerprint density at radius 3 is 2.92 bits per heavy atom. The second kappa shape index (κ2) is 3.59. The fourth-order valence-corrected chi connectivity index (χ4v) is 1.96. The zero-order valence-corrected chi connectivity index (χ0v) is 8.71. The van der Waals surface area contributed by atoms with Crippen LogP contribution >= 0.6 is 11.3 Å². The van der Waals surface area contributed by atoms with Gasteiger partial charge < -0.3 is 5.32 Å². The number of likely N-dealkylation sites (tertiary alicyclic amines) is 1. The molecule has 1 aromatic heterocycles. The first kappa shape index (κ1) is 8.90. The van der Waals surface area contributed by atoms with Gasteiger partial charge in [-0.3, -0.25) is 4.90 Å². The summed E-state index contributed by atoms with van der Waals surface area (Å²) in [5.41, 5.74) is 1.75. The van der Waals surface area contributed by atoms with Gasteiger partial charge in [0.1, 0.15) is 5.51 Å². The minimum Gasteiger partial charge on any atom is -0.355 e. The Balaban J connectivity index is 1.76. The normalized spacial score (nSPS) is 19.0. The molecular formula is C8H14N4S. The molecule has 72 valence electrons. The molecule has 4 nitrogen and oxygen atoms in total. The summed E-state index contributed by atoms with van der Waals surface area (Å²) in [5, 5.41) is 12.0. The van der Waals surface area contributed by atoms with Crippen LogP contribution in [0.5, 0.6) is 0 Å². The molecule has 1 saturated heterocycles. The number of nitrogens with zero attached hydrogens (tertiary/aromatic N) is 3. The van der Waals surface area contributed by atoms with E-state index in [9.17, 15) is 0 Å². The van der Waals surface area contributed by atoms with E-state index in [4.69, 9.17) is 0 Å². The predicted octanol–water partition coefficient (Wildman–Crippen LogP) is 1.04. The monoisotopic (exact) mass is 198 g/mol. The molecule has 0 bridgehead atoms. The average Bonchev–Trinajstić information content (AvgIpc) is 2.46. The first-order valence-corrected chi connectivity index (χ1v) is 5.40. The summed E-state index contributed by atoms with van der Waals surface area (Å²) in [6.45, 7) is 6.69. The van der Waals surface area contributed by atoms with Crippen LogP contribution in [-0.4, -0.2) is 40.3 Å². The maximum absolute atomic E-state index is 3.95. The zero-order chi connectivity index (χ0) is 9.26. The van der Waals surface area contributed by atoms with Crippen molar-refractivity contribution in [2.24, 2.45) is 0 Å². The van der Waals surface area contributed by atoms with Crippen LogP contribution in [0, 0.1) is 0 Å². The molecule has 0 amide bonds. The van der Waals surface area contributed by atoms with Crippen molar-refractivity contribution in [3.8, 4) is 0 Å². The van der Waals surface area contributed by atoms with Crippen LogP contribution in [0.4, 0.5) is 5.13 Å². The summed E-state index contributed by atoms with van der Waals surface area (Å²) in [6, 6.07) is 1.22. The van der Waals surface area contributed by atoms with Crippen LogP contribution in [0.25, 0.3) is 0 Å². The van der Waals surface area contributed by atoms with Gasteiger partial charge in [0.05, 0.1) is 6.04 Å². The third-order valence-corrected chi connectivity index (χ3v) is 2.95. The molecule has 1 aliphatic rings. The highest BCUT2D eigenvalue weighted by atomic mass is 32.1. The van der Waals surface area contributed by atoms with Crippen molar-refractivity contribution in [3.63, 3.8) is 0 Å². The molecule has 13 heavy (non-hydrogen) atoms. The van der Waals surface area contributed by atoms with Crippen molar-refractivity contribution >= 4 is 16.5 Å². The fraction of sp³-hybridized carbons (Fsp3) is 0.750. The number of hydrogen-bond donors (Lipinski definition) is 1. The Bertz CT molecular complexity index is 253. The van der Waals surface area contributed by atoms with E-state index >= 15 is 0 Å². The molecule has 0 spiro atoms. The Hall–Kier alpha value is -0.680. The van der Waals surface area contributed by atoms with E-state index < -0.39 is 0 Å². The van der Waals surface area contributed by atoms with Crippen LogP contribution in [0.1, 0.15) is 13.8 Å². The first-order chi connectivity index (χ1) is 6.25. The van der Waals surface area contributed by atoms with E-state index in [0.717, 1.165) is 18.2 Å². The molecule has 1 aromatic rings. The summed E-state index contributed by atoms with van der Waals surface area (Å²) >= 11 is 1.56. The molecule has 0 aromatic carbocycles. The van der Waals surface area contributed by atoms with Crippen LogP contribution in [0.15, 0.2) is 5.51 Å². The minimum absolute atomic E-state index is 0.565. The third-order valence-electron chi connectivity index (χ3n) is 2.33. The van der Waals surface area contributed by atoms with Crippen molar-refractivity contribution in [2.45, 2.75) is 25.9 Å². The second-order valence-electron chi connectivity index (χ2n) is 3.63. The van der Waals surface area contributed by atoms with Gasteiger partial charge in [0.2, 0.25) is 5.13 Å².